The summed E-state index contributed by atoms with van der Waals surface area (Å²) in [5.41, 5.74) is 0.505. The maximum Gasteiger partial charge on any atom is 0.259 e. The smallest absolute Gasteiger partial charge is 0.259 e. The Hall–Kier alpha value is -0.990. The van der Waals surface area contributed by atoms with Gasteiger partial charge in [0, 0.05) is 24.9 Å². The van der Waals surface area contributed by atoms with Crippen LogP contribution in [0.4, 0.5) is 5.82 Å². The van der Waals surface area contributed by atoms with Crippen LogP contribution in [0.15, 0.2) is 32.2 Å². The molecule has 0 fully saturated rings. The van der Waals surface area contributed by atoms with E-state index in [1.54, 1.807) is 39.7 Å². The third-order valence-corrected chi connectivity index (χ3v) is 5.41. The zero-order valence-electron chi connectivity index (χ0n) is 11.0. The van der Waals surface area contributed by atoms with Crippen molar-refractivity contribution in [2.45, 2.75) is 4.90 Å². The van der Waals surface area contributed by atoms with Gasteiger partial charge in [-0.1, -0.05) is 0 Å². The van der Waals surface area contributed by atoms with Crippen LogP contribution in [-0.2, 0) is 7.05 Å². The number of anilines is 1. The first kappa shape index (κ1) is 14.9. The highest BCUT2D eigenvalue weighted by Crippen LogP contribution is 2.37. The number of phenols is 1. The van der Waals surface area contributed by atoms with Gasteiger partial charge in [-0.15, -0.1) is 11.8 Å². The van der Waals surface area contributed by atoms with Crippen LogP contribution in [-0.4, -0.2) is 33.1 Å². The second-order valence-electron chi connectivity index (χ2n) is 4.55. The van der Waals surface area contributed by atoms with E-state index >= 15 is 0 Å². The van der Waals surface area contributed by atoms with Crippen LogP contribution < -0.4 is 4.90 Å². The van der Waals surface area contributed by atoms with Crippen molar-refractivity contribution in [1.82, 2.24) is 9.78 Å². The van der Waals surface area contributed by atoms with Gasteiger partial charge in [0.05, 0.1) is 20.0 Å². The van der Waals surface area contributed by atoms with E-state index in [-0.39, 0.29) is 11.7 Å². The van der Waals surface area contributed by atoms with E-state index in [1.807, 2.05) is 7.05 Å². The van der Waals surface area contributed by atoms with Crippen molar-refractivity contribution in [3.8, 4) is 5.75 Å². The van der Waals surface area contributed by atoms with E-state index < -0.39 is 0 Å². The molecule has 0 radical (unpaired) electrons. The molecule has 0 bridgehead atoms. The van der Waals surface area contributed by atoms with E-state index in [2.05, 4.69) is 37.0 Å². The van der Waals surface area contributed by atoms with Crippen molar-refractivity contribution in [2.75, 3.05) is 17.2 Å². The molecule has 110 valence electrons. The van der Waals surface area contributed by atoms with Crippen molar-refractivity contribution in [1.29, 1.82) is 0 Å². The van der Waals surface area contributed by atoms with Gasteiger partial charge in [0.25, 0.3) is 5.91 Å². The van der Waals surface area contributed by atoms with E-state index in [0.29, 0.717) is 21.1 Å². The fourth-order valence-electron chi connectivity index (χ4n) is 2.22. The molecule has 21 heavy (non-hydrogen) atoms. The number of aromatic hydroxyl groups is 1. The summed E-state index contributed by atoms with van der Waals surface area (Å²) in [6, 6.07) is 3.25. The Kier molecular flexibility index (Phi) is 4.02. The van der Waals surface area contributed by atoms with Crippen LogP contribution in [0, 0.1) is 0 Å². The van der Waals surface area contributed by atoms with Crippen molar-refractivity contribution in [3.05, 3.63) is 32.8 Å². The van der Waals surface area contributed by atoms with Gasteiger partial charge in [0.1, 0.15) is 11.6 Å². The van der Waals surface area contributed by atoms with Gasteiger partial charge in [-0.3, -0.25) is 14.4 Å². The number of fused-ring (bicyclic) bond motifs is 1. The first-order valence-corrected chi connectivity index (χ1v) is 8.71. The van der Waals surface area contributed by atoms with Crippen LogP contribution in [0.1, 0.15) is 10.4 Å². The number of aryl methyl sites for hydroxylation is 1. The van der Waals surface area contributed by atoms with Crippen LogP contribution >= 0.6 is 43.6 Å². The van der Waals surface area contributed by atoms with E-state index in [9.17, 15) is 9.90 Å². The quantitative estimate of drug-likeness (QED) is 0.750. The number of aromatic nitrogens is 2. The highest BCUT2D eigenvalue weighted by molar-refractivity contribution is 9.11. The maximum atomic E-state index is 12.8. The first-order valence-electron chi connectivity index (χ1n) is 6.13. The summed E-state index contributed by atoms with van der Waals surface area (Å²) in [6.07, 6.45) is 1.78. The van der Waals surface area contributed by atoms with Crippen molar-refractivity contribution in [3.63, 3.8) is 0 Å². The second-order valence-corrected chi connectivity index (χ2v) is 7.40. The third-order valence-electron chi connectivity index (χ3n) is 3.21. The lowest BCUT2D eigenvalue weighted by atomic mass is 10.2. The largest absolute Gasteiger partial charge is 0.506 e. The van der Waals surface area contributed by atoms with Gasteiger partial charge in [0.2, 0.25) is 0 Å². The summed E-state index contributed by atoms with van der Waals surface area (Å²) in [7, 11) is 1.83. The standard InChI is InChI=1S/C13H11Br2N3O2S/c1-17-12-10(6-16-17)21-3-2-18(12)13(20)7-4-8(14)11(19)9(15)5-7/h4-6,19H,2-3H2,1H3. The lowest BCUT2D eigenvalue weighted by molar-refractivity contribution is 0.0986. The minimum absolute atomic E-state index is 0.0852. The van der Waals surface area contributed by atoms with Gasteiger partial charge in [0.15, 0.2) is 0 Å². The molecular weight excluding hydrogens is 422 g/mol. The van der Waals surface area contributed by atoms with Gasteiger partial charge in [-0.25, -0.2) is 0 Å². The minimum atomic E-state index is -0.110. The van der Waals surface area contributed by atoms with Gasteiger partial charge >= 0.3 is 0 Å². The molecule has 1 aromatic carbocycles. The molecule has 0 saturated carbocycles. The Morgan fingerprint density at radius 2 is 2.05 bits per heavy atom. The molecule has 0 aliphatic carbocycles. The number of rotatable bonds is 1. The lowest BCUT2D eigenvalue weighted by Gasteiger charge is -2.27. The fourth-order valence-corrected chi connectivity index (χ4v) is 4.39. The fraction of sp³-hybridized carbons (Fsp3) is 0.231. The zero-order chi connectivity index (χ0) is 15.1. The molecule has 3 rings (SSSR count). The number of thioether (sulfide) groups is 1. The lowest BCUT2D eigenvalue weighted by Crippen LogP contribution is -2.36. The summed E-state index contributed by atoms with van der Waals surface area (Å²) in [4.78, 5) is 15.5. The van der Waals surface area contributed by atoms with Crippen LogP contribution in [0.5, 0.6) is 5.75 Å². The molecule has 1 aliphatic rings. The van der Waals surface area contributed by atoms with Gasteiger partial charge < -0.3 is 5.11 Å². The predicted octanol–water partition coefficient (Wildman–Crippen LogP) is 3.40. The topological polar surface area (TPSA) is 58.4 Å². The molecule has 1 amide bonds. The predicted molar refractivity (Wildman–Crippen MR) is 89.1 cm³/mol. The summed E-state index contributed by atoms with van der Waals surface area (Å²) >= 11 is 8.21. The van der Waals surface area contributed by atoms with Crippen LogP contribution in [0.25, 0.3) is 0 Å². The number of hydrogen-bond donors (Lipinski definition) is 1. The van der Waals surface area contributed by atoms with Crippen LogP contribution in [0.3, 0.4) is 0 Å². The highest BCUT2D eigenvalue weighted by atomic mass is 79.9. The zero-order valence-corrected chi connectivity index (χ0v) is 15.0. The number of phenolic OH excluding ortho intramolecular Hbond substituents is 1. The molecule has 8 heteroatoms. The third kappa shape index (κ3) is 2.60. The van der Waals surface area contributed by atoms with E-state index in [0.717, 1.165) is 16.5 Å². The van der Waals surface area contributed by atoms with Crippen molar-refractivity contribution < 1.29 is 9.90 Å². The minimum Gasteiger partial charge on any atom is -0.506 e. The molecule has 2 aromatic rings. The van der Waals surface area contributed by atoms with Crippen LogP contribution in [0.2, 0.25) is 0 Å². The molecule has 5 nitrogen and oxygen atoms in total. The number of carbonyl (C=O) groups excluding carboxylic acids is 1. The molecule has 0 atom stereocenters. The van der Waals surface area contributed by atoms with E-state index in [4.69, 9.17) is 0 Å². The number of carbonyl (C=O) groups is 1. The normalized spacial score (nSPS) is 14.1. The highest BCUT2D eigenvalue weighted by Gasteiger charge is 2.28. The molecule has 0 saturated heterocycles. The summed E-state index contributed by atoms with van der Waals surface area (Å²) in [5, 5.41) is 14.0. The molecular formula is C13H11Br2N3O2S. The monoisotopic (exact) mass is 431 g/mol. The van der Waals surface area contributed by atoms with Crippen molar-refractivity contribution >= 4 is 55.3 Å². The molecule has 0 spiro atoms. The number of amides is 1. The molecule has 1 N–H and O–H groups in total. The number of hydrogen-bond acceptors (Lipinski definition) is 4. The maximum absolute atomic E-state index is 12.8. The van der Waals surface area contributed by atoms with E-state index in [1.165, 1.54) is 0 Å². The van der Waals surface area contributed by atoms with Gasteiger partial charge in [-0.05, 0) is 44.0 Å². The summed E-state index contributed by atoms with van der Waals surface area (Å²) in [5.74, 6) is 1.63. The van der Waals surface area contributed by atoms with Crippen molar-refractivity contribution in [2.24, 2.45) is 7.05 Å². The first-order chi connectivity index (χ1) is 9.99. The number of benzene rings is 1. The molecule has 0 unspecified atom stereocenters. The van der Waals surface area contributed by atoms with Gasteiger partial charge in [-0.2, -0.15) is 5.10 Å². The Balaban J connectivity index is 2.02. The number of nitrogens with zero attached hydrogens (tertiary/aromatic N) is 3. The molecule has 1 aromatic heterocycles. The molecule has 1 aliphatic heterocycles. The second kappa shape index (κ2) is 5.66. The Labute approximate surface area is 142 Å². The Morgan fingerprint density at radius 3 is 2.71 bits per heavy atom. The average Bonchev–Trinajstić information content (AvgIpc) is 2.85. The molecule has 2 heterocycles. The summed E-state index contributed by atoms with van der Waals surface area (Å²) < 4.78 is 2.68. The summed E-state index contributed by atoms with van der Waals surface area (Å²) in [6.45, 7) is 0.631. The average molecular weight is 433 g/mol. The Bertz CT molecular complexity index is 709. The number of halogens is 2. The Morgan fingerprint density at radius 1 is 1.38 bits per heavy atom. The SMILES string of the molecule is Cn1ncc2c1N(C(=O)c1cc(Br)c(O)c(Br)c1)CCS2.